The van der Waals surface area contributed by atoms with Crippen molar-refractivity contribution in [3.8, 4) is 0 Å². The first-order valence-electron chi connectivity index (χ1n) is 11.4. The van der Waals surface area contributed by atoms with Crippen molar-refractivity contribution in [2.75, 3.05) is 5.32 Å². The van der Waals surface area contributed by atoms with Crippen LogP contribution in [0, 0.1) is 13.8 Å². The summed E-state index contributed by atoms with van der Waals surface area (Å²) in [5.74, 6) is -0.293. The van der Waals surface area contributed by atoms with E-state index in [0.29, 0.717) is 22.7 Å². The zero-order valence-electron chi connectivity index (χ0n) is 19.7. The second-order valence-corrected chi connectivity index (χ2v) is 10.9. The molecule has 1 aliphatic carbocycles. The third-order valence-corrected chi connectivity index (χ3v) is 8.67. The first-order valence-corrected chi connectivity index (χ1v) is 13.0. The summed E-state index contributed by atoms with van der Waals surface area (Å²) in [6, 6.07) is 20.5. The normalized spacial score (nSPS) is 14.4. The Morgan fingerprint density at radius 1 is 1.00 bits per heavy atom. The summed E-state index contributed by atoms with van der Waals surface area (Å²) in [7, 11) is -3.32. The number of carbonyl (C=O) groups is 1. The molecule has 1 fully saturated rings. The lowest BCUT2D eigenvalue weighted by Gasteiger charge is -2.17. The topological polar surface area (TPSA) is 84.5 Å². The number of nitrogens with one attached hydrogen (secondary N) is 2. The van der Waals surface area contributed by atoms with Gasteiger partial charge in [-0.15, -0.1) is 0 Å². The van der Waals surface area contributed by atoms with Gasteiger partial charge in [0.15, 0.2) is 9.84 Å². The van der Waals surface area contributed by atoms with Crippen molar-refractivity contribution >= 4 is 21.4 Å². The van der Waals surface area contributed by atoms with E-state index in [9.17, 15) is 13.2 Å². The highest BCUT2D eigenvalue weighted by molar-refractivity contribution is 7.92. The van der Waals surface area contributed by atoms with E-state index in [4.69, 9.17) is 4.84 Å². The fraction of sp³-hybridized carbons (Fsp3) is 0.296. The van der Waals surface area contributed by atoms with Crippen LogP contribution in [0.1, 0.15) is 58.5 Å². The molecule has 7 heteroatoms. The number of aryl methyl sites for hydroxylation is 1. The molecule has 2 N–H and O–H groups in total. The molecule has 1 atom stereocenters. The summed E-state index contributed by atoms with van der Waals surface area (Å²) in [6.07, 6.45) is 1.15. The van der Waals surface area contributed by atoms with Crippen molar-refractivity contribution in [2.24, 2.45) is 0 Å². The largest absolute Gasteiger partial charge is 0.380 e. The van der Waals surface area contributed by atoms with Crippen LogP contribution >= 0.6 is 0 Å². The Labute approximate surface area is 201 Å². The Morgan fingerprint density at radius 2 is 1.68 bits per heavy atom. The SMILES string of the molecule is Cc1ccc(NCc2ccc(C(C)ONC(=O)c3ccccc3)cc2)c(S(=O)(=O)C2CC2)c1C. The van der Waals surface area contributed by atoms with E-state index in [-0.39, 0.29) is 17.3 Å². The molecule has 0 radical (unpaired) electrons. The Kier molecular flexibility index (Phi) is 7.05. The number of hydrogen-bond donors (Lipinski definition) is 2. The smallest absolute Gasteiger partial charge is 0.274 e. The molecule has 1 amide bonds. The van der Waals surface area contributed by atoms with Gasteiger partial charge in [0.05, 0.1) is 15.8 Å². The quantitative estimate of drug-likeness (QED) is 0.409. The zero-order chi connectivity index (χ0) is 24.3. The van der Waals surface area contributed by atoms with E-state index in [1.54, 1.807) is 24.3 Å². The molecule has 1 saturated carbocycles. The number of hydrogen-bond acceptors (Lipinski definition) is 5. The number of rotatable bonds is 9. The van der Waals surface area contributed by atoms with Crippen LogP contribution < -0.4 is 10.8 Å². The molecule has 0 heterocycles. The first-order chi connectivity index (χ1) is 16.3. The maximum absolute atomic E-state index is 13.0. The molecular formula is C27H30N2O4S. The number of hydroxylamine groups is 1. The molecule has 6 nitrogen and oxygen atoms in total. The highest BCUT2D eigenvalue weighted by atomic mass is 32.2. The van der Waals surface area contributed by atoms with Crippen LogP contribution in [0.15, 0.2) is 71.6 Å². The molecule has 0 aliphatic heterocycles. The minimum atomic E-state index is -3.32. The molecule has 0 bridgehead atoms. The van der Waals surface area contributed by atoms with Gasteiger partial charge in [-0.25, -0.2) is 13.9 Å². The van der Waals surface area contributed by atoms with Crippen molar-refractivity contribution < 1.29 is 18.0 Å². The van der Waals surface area contributed by atoms with Crippen molar-refractivity contribution in [1.82, 2.24) is 5.48 Å². The van der Waals surface area contributed by atoms with Gasteiger partial charge in [0.25, 0.3) is 5.91 Å². The van der Waals surface area contributed by atoms with Crippen LogP contribution in [-0.2, 0) is 21.2 Å². The van der Waals surface area contributed by atoms with Gasteiger partial charge in [-0.2, -0.15) is 0 Å². The Hall–Kier alpha value is -3.16. The molecule has 1 aliphatic rings. The second-order valence-electron chi connectivity index (χ2n) is 8.78. The van der Waals surface area contributed by atoms with Crippen LogP contribution in [-0.4, -0.2) is 19.6 Å². The van der Waals surface area contributed by atoms with Crippen LogP contribution in [0.4, 0.5) is 5.69 Å². The minimum absolute atomic E-state index is 0.253. The lowest BCUT2D eigenvalue weighted by atomic mass is 10.1. The van der Waals surface area contributed by atoms with E-state index in [2.05, 4.69) is 10.8 Å². The summed E-state index contributed by atoms with van der Waals surface area (Å²) in [6.45, 7) is 6.18. The lowest BCUT2D eigenvalue weighted by molar-refractivity contribution is -0.00891. The first kappa shape index (κ1) is 24.0. The number of carbonyl (C=O) groups excluding carboxylic acids is 1. The van der Waals surface area contributed by atoms with Gasteiger partial charge in [0, 0.05) is 12.1 Å². The number of benzene rings is 3. The summed E-state index contributed by atoms with van der Waals surface area (Å²) >= 11 is 0. The van der Waals surface area contributed by atoms with Crippen molar-refractivity contribution in [3.63, 3.8) is 0 Å². The highest BCUT2D eigenvalue weighted by Crippen LogP contribution is 2.39. The van der Waals surface area contributed by atoms with Crippen LogP contribution in [0.5, 0.6) is 0 Å². The predicted molar refractivity (Wildman–Crippen MR) is 133 cm³/mol. The minimum Gasteiger partial charge on any atom is -0.380 e. The van der Waals surface area contributed by atoms with Gasteiger partial charge in [0.2, 0.25) is 0 Å². The van der Waals surface area contributed by atoms with Crippen LogP contribution in [0.25, 0.3) is 0 Å². The van der Waals surface area contributed by atoms with Crippen molar-refractivity contribution in [1.29, 1.82) is 0 Å². The van der Waals surface area contributed by atoms with Crippen molar-refractivity contribution in [3.05, 3.63) is 94.5 Å². The monoisotopic (exact) mass is 478 g/mol. The van der Waals surface area contributed by atoms with E-state index < -0.39 is 9.84 Å². The second kappa shape index (κ2) is 9.99. The Morgan fingerprint density at radius 3 is 2.32 bits per heavy atom. The third kappa shape index (κ3) is 5.32. The molecule has 0 aromatic heterocycles. The molecule has 4 rings (SSSR count). The van der Waals surface area contributed by atoms with Gasteiger partial charge < -0.3 is 5.32 Å². The zero-order valence-corrected chi connectivity index (χ0v) is 20.5. The molecular weight excluding hydrogens is 448 g/mol. The van der Waals surface area contributed by atoms with Gasteiger partial charge in [-0.1, -0.05) is 48.5 Å². The Bertz CT molecular complexity index is 1270. The highest BCUT2D eigenvalue weighted by Gasteiger charge is 2.39. The molecule has 178 valence electrons. The Balaban J connectivity index is 1.39. The van der Waals surface area contributed by atoms with Gasteiger partial charge >= 0.3 is 0 Å². The maximum Gasteiger partial charge on any atom is 0.274 e. The molecule has 0 spiro atoms. The average molecular weight is 479 g/mol. The van der Waals surface area contributed by atoms with Gasteiger partial charge in [0.1, 0.15) is 6.10 Å². The van der Waals surface area contributed by atoms with Gasteiger partial charge in [-0.05, 0) is 74.1 Å². The predicted octanol–water partition coefficient (Wildman–Crippen LogP) is 5.27. The van der Waals surface area contributed by atoms with E-state index in [1.807, 2.05) is 63.2 Å². The summed E-state index contributed by atoms with van der Waals surface area (Å²) in [5, 5.41) is 3.07. The van der Waals surface area contributed by atoms with E-state index in [0.717, 1.165) is 35.1 Å². The standard InChI is InChI=1S/C27H30N2O4S/c1-18-9-16-25(26(19(18)2)34(31,32)24-14-15-24)28-17-21-10-12-22(13-11-21)20(3)33-29-27(30)23-7-5-4-6-8-23/h4-13,16,20,24,28H,14-15,17H2,1-3H3,(H,29,30). The summed E-state index contributed by atoms with van der Waals surface area (Å²) in [5.41, 5.74) is 7.40. The molecule has 3 aromatic carbocycles. The molecule has 34 heavy (non-hydrogen) atoms. The molecule has 0 saturated heterocycles. The number of amides is 1. The maximum atomic E-state index is 13.0. The summed E-state index contributed by atoms with van der Waals surface area (Å²) in [4.78, 5) is 18.1. The van der Waals surface area contributed by atoms with E-state index in [1.165, 1.54) is 0 Å². The fourth-order valence-corrected chi connectivity index (χ4v) is 5.93. The lowest BCUT2D eigenvalue weighted by Crippen LogP contribution is -2.25. The van der Waals surface area contributed by atoms with Crippen molar-refractivity contribution in [2.45, 2.75) is 56.4 Å². The number of sulfone groups is 1. The molecule has 3 aromatic rings. The third-order valence-electron chi connectivity index (χ3n) is 6.22. The molecule has 1 unspecified atom stereocenters. The number of anilines is 1. The van der Waals surface area contributed by atoms with E-state index >= 15 is 0 Å². The average Bonchev–Trinajstić information content (AvgIpc) is 3.70. The van der Waals surface area contributed by atoms with Crippen LogP contribution in [0.2, 0.25) is 0 Å². The fourth-order valence-electron chi connectivity index (χ4n) is 3.80. The van der Waals surface area contributed by atoms with Gasteiger partial charge in [-0.3, -0.25) is 9.63 Å². The van der Waals surface area contributed by atoms with Crippen LogP contribution in [0.3, 0.4) is 0 Å². The summed E-state index contributed by atoms with van der Waals surface area (Å²) < 4.78 is 26.1.